The number of hydrogen-bond donors (Lipinski definition) is 0. The van der Waals surface area contributed by atoms with Crippen LogP contribution in [0.1, 0.15) is 18.1 Å². The topological polar surface area (TPSA) is 24.7 Å². The number of benzene rings is 2. The van der Waals surface area contributed by atoms with Crippen molar-refractivity contribution in [2.75, 3.05) is 0 Å². The summed E-state index contributed by atoms with van der Waals surface area (Å²) in [6.45, 7) is 3.98. The van der Waals surface area contributed by atoms with Crippen molar-refractivity contribution in [2.45, 2.75) is 13.8 Å². The highest BCUT2D eigenvalue weighted by molar-refractivity contribution is 5.82. The molecule has 2 aromatic rings. The predicted molar refractivity (Wildman–Crippen MR) is 78.7 cm³/mol. The molecule has 0 unspecified atom stereocenters. The predicted octanol–water partition coefficient (Wildman–Crippen LogP) is 4.47. The van der Waals surface area contributed by atoms with E-state index in [1.54, 1.807) is 6.21 Å². The third-order valence-corrected chi connectivity index (χ3v) is 2.57. The second kappa shape index (κ2) is 5.92. The van der Waals surface area contributed by atoms with Crippen molar-refractivity contribution in [3.8, 4) is 0 Å². The summed E-state index contributed by atoms with van der Waals surface area (Å²) in [5.74, 6) is 0. The van der Waals surface area contributed by atoms with Gasteiger partial charge in [0.05, 0.1) is 11.4 Å². The fourth-order valence-corrected chi connectivity index (χ4v) is 1.58. The van der Waals surface area contributed by atoms with Crippen LogP contribution in [0.25, 0.3) is 0 Å². The molecular weight excluding hydrogens is 220 g/mol. The highest BCUT2D eigenvalue weighted by atomic mass is 14.7. The summed E-state index contributed by atoms with van der Waals surface area (Å²) in [4.78, 5) is 8.63. The Morgan fingerprint density at radius 1 is 0.778 bits per heavy atom. The minimum atomic E-state index is 0.936. The molecule has 18 heavy (non-hydrogen) atoms. The third kappa shape index (κ3) is 3.39. The quantitative estimate of drug-likeness (QED) is 0.702. The van der Waals surface area contributed by atoms with Crippen LogP contribution in [0.2, 0.25) is 0 Å². The zero-order chi connectivity index (χ0) is 12.8. The van der Waals surface area contributed by atoms with Gasteiger partial charge in [-0.2, -0.15) is 0 Å². The molecule has 2 rings (SSSR count). The van der Waals surface area contributed by atoms with Crippen molar-refractivity contribution in [2.24, 2.45) is 9.98 Å². The standard InChI is InChI=1S/C16H16N2/c1-3-17-15-8-10-16(11-9-15)18-12-14-6-4-13(2)5-7-14/h3-12H,1-2H3. The number of aliphatic imine (C=N–C) groups is 2. The van der Waals surface area contributed by atoms with E-state index in [0.717, 1.165) is 16.9 Å². The summed E-state index contributed by atoms with van der Waals surface area (Å²) in [7, 11) is 0. The molecule has 2 aromatic carbocycles. The molecule has 0 aliphatic carbocycles. The third-order valence-electron chi connectivity index (χ3n) is 2.57. The molecule has 0 saturated carbocycles. The first kappa shape index (κ1) is 12.2. The molecule has 0 aromatic heterocycles. The Morgan fingerprint density at radius 3 is 1.89 bits per heavy atom. The molecule has 0 atom stereocenters. The summed E-state index contributed by atoms with van der Waals surface area (Å²) in [6.07, 6.45) is 3.65. The van der Waals surface area contributed by atoms with Crippen LogP contribution < -0.4 is 0 Å². The van der Waals surface area contributed by atoms with Crippen LogP contribution in [0.5, 0.6) is 0 Å². The molecule has 0 aliphatic heterocycles. The normalized spacial score (nSPS) is 11.4. The van der Waals surface area contributed by atoms with Gasteiger partial charge in [0.25, 0.3) is 0 Å². The first-order valence-electron chi connectivity index (χ1n) is 5.97. The Bertz CT molecular complexity index is 549. The molecule has 0 bridgehead atoms. The minimum absolute atomic E-state index is 0.936. The molecule has 0 radical (unpaired) electrons. The van der Waals surface area contributed by atoms with Gasteiger partial charge < -0.3 is 0 Å². The van der Waals surface area contributed by atoms with E-state index < -0.39 is 0 Å². The van der Waals surface area contributed by atoms with Gasteiger partial charge in [0.2, 0.25) is 0 Å². The Labute approximate surface area is 108 Å². The van der Waals surface area contributed by atoms with Gasteiger partial charge in [-0.3, -0.25) is 9.98 Å². The molecule has 0 heterocycles. The van der Waals surface area contributed by atoms with Gasteiger partial charge in [0, 0.05) is 12.4 Å². The Kier molecular flexibility index (Phi) is 4.02. The number of hydrogen-bond acceptors (Lipinski definition) is 2. The van der Waals surface area contributed by atoms with Crippen molar-refractivity contribution in [3.05, 3.63) is 59.7 Å². The van der Waals surface area contributed by atoms with Crippen LogP contribution in [0.15, 0.2) is 58.5 Å². The average Bonchev–Trinajstić information content (AvgIpc) is 2.40. The van der Waals surface area contributed by atoms with Crippen LogP contribution in [-0.4, -0.2) is 12.4 Å². The van der Waals surface area contributed by atoms with Crippen LogP contribution in [-0.2, 0) is 0 Å². The van der Waals surface area contributed by atoms with E-state index in [0.29, 0.717) is 0 Å². The zero-order valence-corrected chi connectivity index (χ0v) is 10.7. The maximum Gasteiger partial charge on any atom is 0.0631 e. The van der Waals surface area contributed by atoms with Gasteiger partial charge in [0.15, 0.2) is 0 Å². The van der Waals surface area contributed by atoms with Crippen molar-refractivity contribution < 1.29 is 0 Å². The lowest BCUT2D eigenvalue weighted by Crippen LogP contribution is -1.80. The summed E-state index contributed by atoms with van der Waals surface area (Å²) in [6, 6.07) is 16.1. The first-order valence-corrected chi connectivity index (χ1v) is 5.97. The Balaban J connectivity index is 2.11. The van der Waals surface area contributed by atoms with Crippen LogP contribution in [0.4, 0.5) is 11.4 Å². The van der Waals surface area contributed by atoms with E-state index in [-0.39, 0.29) is 0 Å². The number of nitrogens with zero attached hydrogens (tertiary/aromatic N) is 2. The molecule has 0 aliphatic rings. The van der Waals surface area contributed by atoms with Crippen LogP contribution >= 0.6 is 0 Å². The van der Waals surface area contributed by atoms with Crippen molar-refractivity contribution in [1.29, 1.82) is 0 Å². The maximum absolute atomic E-state index is 4.43. The van der Waals surface area contributed by atoms with Crippen molar-refractivity contribution >= 4 is 23.8 Å². The lowest BCUT2D eigenvalue weighted by Gasteiger charge is -1.96. The van der Waals surface area contributed by atoms with Gasteiger partial charge >= 0.3 is 0 Å². The van der Waals surface area contributed by atoms with Gasteiger partial charge in [0.1, 0.15) is 0 Å². The summed E-state index contributed by atoms with van der Waals surface area (Å²) in [5.41, 5.74) is 4.25. The molecule has 2 heteroatoms. The minimum Gasteiger partial charge on any atom is -0.262 e. The second-order valence-corrected chi connectivity index (χ2v) is 4.07. The maximum atomic E-state index is 4.43. The van der Waals surface area contributed by atoms with Crippen molar-refractivity contribution in [1.82, 2.24) is 0 Å². The van der Waals surface area contributed by atoms with Gasteiger partial charge in [-0.25, -0.2) is 0 Å². The molecule has 0 spiro atoms. The van der Waals surface area contributed by atoms with E-state index in [4.69, 9.17) is 0 Å². The monoisotopic (exact) mass is 236 g/mol. The smallest absolute Gasteiger partial charge is 0.0631 e. The van der Waals surface area contributed by atoms with Crippen molar-refractivity contribution in [3.63, 3.8) is 0 Å². The van der Waals surface area contributed by atoms with E-state index in [1.165, 1.54) is 5.56 Å². The molecule has 2 nitrogen and oxygen atoms in total. The lowest BCUT2D eigenvalue weighted by molar-refractivity contribution is 1.45. The Hall–Kier alpha value is -2.22. The van der Waals surface area contributed by atoms with E-state index in [9.17, 15) is 0 Å². The SMILES string of the molecule is CC=Nc1ccc(N=Cc2ccc(C)cc2)cc1. The zero-order valence-electron chi connectivity index (χ0n) is 10.7. The summed E-state index contributed by atoms with van der Waals surface area (Å²) in [5, 5.41) is 0. The van der Waals surface area contributed by atoms with Crippen LogP contribution in [0.3, 0.4) is 0 Å². The van der Waals surface area contributed by atoms with Crippen LogP contribution in [0, 0.1) is 6.92 Å². The van der Waals surface area contributed by atoms with E-state index in [1.807, 2.05) is 37.4 Å². The molecular formula is C16H16N2. The fourth-order valence-electron chi connectivity index (χ4n) is 1.58. The first-order chi connectivity index (χ1) is 8.78. The molecule has 0 amide bonds. The highest BCUT2D eigenvalue weighted by Gasteiger charge is 1.91. The second-order valence-electron chi connectivity index (χ2n) is 4.07. The largest absolute Gasteiger partial charge is 0.262 e. The number of rotatable bonds is 3. The van der Waals surface area contributed by atoms with E-state index in [2.05, 4.69) is 41.2 Å². The van der Waals surface area contributed by atoms with Gasteiger partial charge in [-0.05, 0) is 43.7 Å². The lowest BCUT2D eigenvalue weighted by atomic mass is 10.2. The van der Waals surface area contributed by atoms with Gasteiger partial charge in [-0.15, -0.1) is 0 Å². The fraction of sp³-hybridized carbons (Fsp3) is 0.125. The van der Waals surface area contributed by atoms with Gasteiger partial charge in [-0.1, -0.05) is 29.8 Å². The highest BCUT2D eigenvalue weighted by Crippen LogP contribution is 2.18. The number of aryl methyl sites for hydroxylation is 1. The Morgan fingerprint density at radius 2 is 1.33 bits per heavy atom. The molecule has 0 fully saturated rings. The molecule has 90 valence electrons. The summed E-state index contributed by atoms with van der Waals surface area (Å²) >= 11 is 0. The van der Waals surface area contributed by atoms with E-state index >= 15 is 0 Å². The molecule has 0 N–H and O–H groups in total. The summed E-state index contributed by atoms with van der Waals surface area (Å²) < 4.78 is 0. The molecule has 0 saturated heterocycles. The average molecular weight is 236 g/mol.